The number of rotatable bonds is 5. The van der Waals surface area contributed by atoms with Crippen molar-refractivity contribution in [1.82, 2.24) is 20.6 Å². The van der Waals surface area contributed by atoms with E-state index in [1.807, 2.05) is 44.2 Å². The first-order chi connectivity index (χ1) is 14.0. The number of nitrogens with zero attached hydrogens (tertiary/aromatic N) is 1. The number of amides is 2. The summed E-state index contributed by atoms with van der Waals surface area (Å²) in [4.78, 5) is 20.5. The highest BCUT2D eigenvalue weighted by atomic mass is 35.5. The van der Waals surface area contributed by atoms with E-state index in [1.54, 1.807) is 6.07 Å². The Morgan fingerprint density at radius 1 is 1.24 bits per heavy atom. The molecule has 0 saturated heterocycles. The Kier molecular flexibility index (Phi) is 5.49. The van der Waals surface area contributed by atoms with Gasteiger partial charge in [0, 0.05) is 6.54 Å². The van der Waals surface area contributed by atoms with Gasteiger partial charge in [-0.15, -0.1) is 0 Å². The monoisotopic (exact) mass is 414 g/mol. The Hall–Kier alpha value is -2.93. The predicted molar refractivity (Wildman–Crippen MR) is 111 cm³/mol. The maximum Gasteiger partial charge on any atom is 0.315 e. The number of fused-ring (bicyclic) bond motifs is 2. The zero-order valence-electron chi connectivity index (χ0n) is 16.3. The molecule has 2 aromatic carbocycles. The van der Waals surface area contributed by atoms with Crippen LogP contribution < -0.4 is 20.1 Å². The number of carbonyl (C=O) groups excluding carboxylic acids is 1. The van der Waals surface area contributed by atoms with Gasteiger partial charge in [-0.25, -0.2) is 9.78 Å². The van der Waals surface area contributed by atoms with Crippen LogP contribution in [-0.2, 0) is 6.54 Å². The Balaban J connectivity index is 1.43. The van der Waals surface area contributed by atoms with Crippen molar-refractivity contribution >= 4 is 28.7 Å². The van der Waals surface area contributed by atoms with Crippen LogP contribution in [0.3, 0.4) is 0 Å². The van der Waals surface area contributed by atoms with Gasteiger partial charge in [-0.05, 0) is 35.7 Å². The Labute approximate surface area is 173 Å². The first-order valence-electron chi connectivity index (χ1n) is 9.58. The van der Waals surface area contributed by atoms with E-state index in [2.05, 4.69) is 20.6 Å². The molecule has 7 nitrogen and oxygen atoms in total. The molecule has 3 aromatic rings. The lowest BCUT2D eigenvalue weighted by Gasteiger charge is -2.22. The standard InChI is InChI=1S/C21H23ClN4O3/c1-12(2)18(20-24-15-5-3-4-6-16(15)25-20)26-21(27)23-11-13-9-14(22)19-17(10-13)28-7-8-29-19/h3-6,9-10,12,18H,7-8,11H2,1-2H3,(H,24,25)(H2,23,26,27). The van der Waals surface area contributed by atoms with Crippen molar-refractivity contribution in [3.05, 3.63) is 52.8 Å². The van der Waals surface area contributed by atoms with Gasteiger partial charge >= 0.3 is 6.03 Å². The number of aromatic amines is 1. The van der Waals surface area contributed by atoms with Crippen molar-refractivity contribution in [3.63, 3.8) is 0 Å². The summed E-state index contributed by atoms with van der Waals surface area (Å²) < 4.78 is 11.1. The number of ether oxygens (including phenoxy) is 2. The largest absolute Gasteiger partial charge is 0.486 e. The zero-order valence-corrected chi connectivity index (χ0v) is 17.0. The topological polar surface area (TPSA) is 88.3 Å². The number of para-hydroxylation sites is 2. The van der Waals surface area contributed by atoms with Crippen molar-refractivity contribution < 1.29 is 14.3 Å². The number of nitrogens with one attached hydrogen (secondary N) is 3. The van der Waals surface area contributed by atoms with Gasteiger partial charge in [0.25, 0.3) is 0 Å². The molecule has 152 valence electrons. The van der Waals surface area contributed by atoms with Crippen LogP contribution in [0, 0.1) is 5.92 Å². The van der Waals surface area contributed by atoms with Crippen LogP contribution >= 0.6 is 11.6 Å². The minimum atomic E-state index is -0.282. The molecule has 0 aliphatic carbocycles. The molecular weight excluding hydrogens is 392 g/mol. The molecule has 0 bridgehead atoms. The zero-order chi connectivity index (χ0) is 20.4. The molecule has 29 heavy (non-hydrogen) atoms. The van der Waals surface area contributed by atoms with Crippen molar-refractivity contribution in [2.45, 2.75) is 26.4 Å². The van der Waals surface area contributed by atoms with Gasteiger partial charge in [0.2, 0.25) is 0 Å². The molecule has 1 atom stereocenters. The first-order valence-corrected chi connectivity index (χ1v) is 9.96. The normalized spacial score (nSPS) is 14.1. The summed E-state index contributed by atoms with van der Waals surface area (Å²) in [6.45, 7) is 5.35. The third-order valence-electron chi connectivity index (χ3n) is 4.77. The summed E-state index contributed by atoms with van der Waals surface area (Å²) in [6.07, 6.45) is 0. The van der Waals surface area contributed by atoms with Crippen LogP contribution in [0.4, 0.5) is 4.79 Å². The van der Waals surface area contributed by atoms with E-state index in [1.165, 1.54) is 0 Å². The molecular formula is C21H23ClN4O3. The maximum atomic E-state index is 12.5. The SMILES string of the molecule is CC(C)C(NC(=O)NCc1cc(Cl)c2c(c1)OCCO2)c1nc2ccccc2[nH]1. The van der Waals surface area contributed by atoms with Gasteiger partial charge in [0.05, 0.1) is 22.1 Å². The van der Waals surface area contributed by atoms with E-state index in [4.69, 9.17) is 21.1 Å². The van der Waals surface area contributed by atoms with Gasteiger partial charge in [-0.3, -0.25) is 0 Å². The molecule has 0 radical (unpaired) electrons. The van der Waals surface area contributed by atoms with Crippen LogP contribution in [0.2, 0.25) is 5.02 Å². The van der Waals surface area contributed by atoms with Crippen LogP contribution in [0.15, 0.2) is 36.4 Å². The third-order valence-corrected chi connectivity index (χ3v) is 5.05. The second-order valence-electron chi connectivity index (χ2n) is 7.29. The van der Waals surface area contributed by atoms with Crippen LogP contribution in [-0.4, -0.2) is 29.2 Å². The van der Waals surface area contributed by atoms with E-state index < -0.39 is 0 Å². The minimum Gasteiger partial charge on any atom is -0.486 e. The number of halogens is 1. The lowest BCUT2D eigenvalue weighted by Crippen LogP contribution is -2.39. The lowest BCUT2D eigenvalue weighted by atomic mass is 10.0. The average molecular weight is 415 g/mol. The van der Waals surface area contributed by atoms with E-state index >= 15 is 0 Å². The molecule has 1 aromatic heterocycles. The Morgan fingerprint density at radius 2 is 2.03 bits per heavy atom. The summed E-state index contributed by atoms with van der Waals surface area (Å²) in [5, 5.41) is 6.36. The van der Waals surface area contributed by atoms with Gasteiger partial charge < -0.3 is 25.1 Å². The molecule has 0 spiro atoms. The number of urea groups is 1. The van der Waals surface area contributed by atoms with Crippen LogP contribution in [0.25, 0.3) is 11.0 Å². The van der Waals surface area contributed by atoms with Gasteiger partial charge in [-0.2, -0.15) is 0 Å². The van der Waals surface area contributed by atoms with E-state index in [9.17, 15) is 4.79 Å². The summed E-state index contributed by atoms with van der Waals surface area (Å²) in [5.41, 5.74) is 2.65. The fourth-order valence-corrected chi connectivity index (χ4v) is 3.60. The average Bonchev–Trinajstić information content (AvgIpc) is 3.14. The number of hydrogen-bond acceptors (Lipinski definition) is 4. The smallest absolute Gasteiger partial charge is 0.315 e. The minimum absolute atomic E-state index is 0.157. The number of H-pyrrole nitrogens is 1. The second kappa shape index (κ2) is 8.21. The van der Waals surface area contributed by atoms with Crippen molar-refractivity contribution in [2.75, 3.05) is 13.2 Å². The number of hydrogen-bond donors (Lipinski definition) is 3. The Bertz CT molecular complexity index is 1000. The number of aromatic nitrogens is 2. The highest BCUT2D eigenvalue weighted by Crippen LogP contribution is 2.38. The van der Waals surface area contributed by atoms with Crippen molar-refractivity contribution in [1.29, 1.82) is 0 Å². The highest BCUT2D eigenvalue weighted by molar-refractivity contribution is 6.32. The quantitative estimate of drug-likeness (QED) is 0.584. The van der Waals surface area contributed by atoms with E-state index in [0.29, 0.717) is 36.3 Å². The van der Waals surface area contributed by atoms with Gasteiger partial charge in [0.1, 0.15) is 19.0 Å². The summed E-state index contributed by atoms with van der Waals surface area (Å²) in [7, 11) is 0. The number of carbonyl (C=O) groups is 1. The third kappa shape index (κ3) is 4.24. The fraction of sp³-hybridized carbons (Fsp3) is 0.333. The number of imidazole rings is 1. The van der Waals surface area contributed by atoms with E-state index in [0.717, 1.165) is 22.4 Å². The molecule has 0 fully saturated rings. The molecule has 2 amide bonds. The lowest BCUT2D eigenvalue weighted by molar-refractivity contribution is 0.171. The van der Waals surface area contributed by atoms with Crippen molar-refractivity contribution in [2.24, 2.45) is 5.92 Å². The summed E-state index contributed by atoms with van der Waals surface area (Å²) in [6, 6.07) is 10.9. The predicted octanol–water partition coefficient (Wildman–Crippen LogP) is 4.18. The molecule has 3 N–H and O–H groups in total. The second-order valence-corrected chi connectivity index (χ2v) is 7.70. The summed E-state index contributed by atoms with van der Waals surface area (Å²) >= 11 is 6.26. The van der Waals surface area contributed by atoms with Gasteiger partial charge in [0.15, 0.2) is 11.5 Å². The fourth-order valence-electron chi connectivity index (χ4n) is 3.31. The molecule has 1 unspecified atom stereocenters. The molecule has 1 aliphatic rings. The highest BCUT2D eigenvalue weighted by Gasteiger charge is 2.22. The Morgan fingerprint density at radius 3 is 2.83 bits per heavy atom. The molecule has 2 heterocycles. The summed E-state index contributed by atoms with van der Waals surface area (Å²) in [5.74, 6) is 2.04. The van der Waals surface area contributed by atoms with Gasteiger partial charge in [-0.1, -0.05) is 37.6 Å². The number of benzene rings is 2. The molecule has 8 heteroatoms. The molecule has 4 rings (SSSR count). The molecule has 1 aliphatic heterocycles. The maximum absolute atomic E-state index is 12.5. The van der Waals surface area contributed by atoms with Crippen LogP contribution in [0.1, 0.15) is 31.3 Å². The van der Waals surface area contributed by atoms with E-state index in [-0.39, 0.29) is 18.0 Å². The van der Waals surface area contributed by atoms with Crippen molar-refractivity contribution in [3.8, 4) is 11.5 Å². The first kappa shape index (κ1) is 19.4. The molecule has 0 saturated carbocycles. The van der Waals surface area contributed by atoms with Crippen LogP contribution in [0.5, 0.6) is 11.5 Å².